The van der Waals surface area contributed by atoms with Gasteiger partial charge in [-0.25, -0.2) is 0 Å². The van der Waals surface area contributed by atoms with Crippen LogP contribution < -0.4 is 8.85 Å². The summed E-state index contributed by atoms with van der Waals surface area (Å²) >= 11 is -2.33. The van der Waals surface area contributed by atoms with Gasteiger partial charge in [-0.05, 0) is 0 Å². The first-order valence-electron chi connectivity index (χ1n) is 9.32. The van der Waals surface area contributed by atoms with E-state index in [9.17, 15) is 18.7 Å². The van der Waals surface area contributed by atoms with Crippen LogP contribution >= 0.6 is 20.1 Å². The van der Waals surface area contributed by atoms with Crippen LogP contribution in [0, 0.1) is 11.6 Å². The molecule has 0 spiro atoms. The van der Waals surface area contributed by atoms with Crippen molar-refractivity contribution in [1.29, 1.82) is 0 Å². The number of carbonyl (C=O) groups excluding carboxylic acids is 1. The van der Waals surface area contributed by atoms with Gasteiger partial charge in [-0.15, -0.1) is 0 Å². The van der Waals surface area contributed by atoms with E-state index in [-0.39, 0.29) is 22.5 Å². The number of carbonyl (C=O) groups is 1. The number of hydrogen-bond donors (Lipinski definition) is 3. The molecule has 2 unspecified atom stereocenters. The van der Waals surface area contributed by atoms with Crippen LogP contribution in [0.25, 0.3) is 0 Å². The van der Waals surface area contributed by atoms with Gasteiger partial charge in [0, 0.05) is 0 Å². The molecule has 0 saturated heterocycles. The van der Waals surface area contributed by atoms with Gasteiger partial charge in [-0.2, -0.15) is 0 Å². The Hall–Kier alpha value is -1.62. The monoisotopic (exact) mass is 518 g/mol. The average Bonchev–Trinajstić information content (AvgIpc) is 2.67. The summed E-state index contributed by atoms with van der Waals surface area (Å²) in [7, 11) is 0. The Kier molecular flexibility index (Phi) is 7.93. The van der Waals surface area contributed by atoms with Gasteiger partial charge in [-0.3, -0.25) is 0 Å². The Balaban J connectivity index is 1.71. The molecule has 1 aliphatic heterocycles. The van der Waals surface area contributed by atoms with Gasteiger partial charge in [0.2, 0.25) is 0 Å². The van der Waals surface area contributed by atoms with Crippen LogP contribution in [0.5, 0.6) is 0 Å². The summed E-state index contributed by atoms with van der Waals surface area (Å²) in [4.78, 5) is 11.7. The molecular formula is C21H25F2IN2O3. The summed E-state index contributed by atoms with van der Waals surface area (Å²) in [6.07, 6.45) is 0. The molecule has 3 rings (SSSR count). The van der Waals surface area contributed by atoms with E-state index in [1.54, 1.807) is 0 Å². The maximum absolute atomic E-state index is 13.6. The first-order chi connectivity index (χ1) is 14.0. The van der Waals surface area contributed by atoms with Gasteiger partial charge in [0.25, 0.3) is 0 Å². The third-order valence-electron chi connectivity index (χ3n) is 4.60. The van der Waals surface area contributed by atoms with Crippen LogP contribution in [-0.2, 0) is 20.6 Å². The van der Waals surface area contributed by atoms with Gasteiger partial charge >= 0.3 is 177 Å². The van der Waals surface area contributed by atoms with Crippen molar-refractivity contribution in [3.05, 3.63) is 70.8 Å². The molecule has 1 heterocycles. The van der Waals surface area contributed by atoms with Crippen molar-refractivity contribution in [2.45, 2.75) is 27.9 Å². The van der Waals surface area contributed by atoms with Gasteiger partial charge in [-0.1, -0.05) is 0 Å². The number of aliphatic hydroxyl groups is 1. The maximum atomic E-state index is 13.6. The van der Waals surface area contributed by atoms with Crippen LogP contribution in [0.1, 0.15) is 29.7 Å². The second-order valence-corrected chi connectivity index (χ2v) is 12.2. The van der Waals surface area contributed by atoms with Crippen molar-refractivity contribution in [2.24, 2.45) is 0 Å². The second kappa shape index (κ2) is 10.4. The third-order valence-corrected chi connectivity index (χ3v) is 10.7. The van der Waals surface area contributed by atoms with E-state index in [4.69, 9.17) is 4.74 Å². The van der Waals surface area contributed by atoms with E-state index in [1.165, 1.54) is 24.6 Å². The summed E-state index contributed by atoms with van der Waals surface area (Å²) in [5.41, 5.74) is 2.79. The number of aliphatic hydroxyl groups excluding tert-OH is 1. The molecule has 0 aromatic heterocycles. The molecule has 0 aliphatic carbocycles. The number of amides is 1. The predicted molar refractivity (Wildman–Crippen MR) is 116 cm³/mol. The van der Waals surface area contributed by atoms with Gasteiger partial charge < -0.3 is 0 Å². The summed E-state index contributed by atoms with van der Waals surface area (Å²) in [5, 5.41) is 13.4. The first-order valence-corrected chi connectivity index (χ1v) is 13.2. The van der Waals surface area contributed by atoms with Crippen molar-refractivity contribution in [2.75, 3.05) is 19.8 Å². The summed E-state index contributed by atoms with van der Waals surface area (Å²) in [6, 6.07) is 11.4. The fourth-order valence-corrected chi connectivity index (χ4v) is 8.19. The number of ether oxygens (including phenoxy) is 1. The average molecular weight is 518 g/mol. The van der Waals surface area contributed by atoms with Gasteiger partial charge in [0.15, 0.2) is 0 Å². The molecule has 2 aromatic carbocycles. The fraction of sp³-hybridized carbons (Fsp3) is 0.381. The molecule has 29 heavy (non-hydrogen) atoms. The van der Waals surface area contributed by atoms with Crippen LogP contribution in [0.4, 0.5) is 8.78 Å². The number of alkyl halides is 2. The molecule has 2 aromatic rings. The van der Waals surface area contributed by atoms with Gasteiger partial charge in [0.1, 0.15) is 0 Å². The molecule has 3 N–H and O–H groups in total. The van der Waals surface area contributed by atoms with E-state index in [2.05, 4.69) is 14.9 Å². The Morgan fingerprint density at radius 1 is 1.28 bits per heavy atom. The minimum atomic E-state index is -2.33. The Morgan fingerprint density at radius 3 is 2.69 bits per heavy atom. The van der Waals surface area contributed by atoms with Crippen molar-refractivity contribution >= 4 is 26.0 Å². The van der Waals surface area contributed by atoms with Gasteiger partial charge in [0.05, 0.1) is 0 Å². The zero-order valence-corrected chi connectivity index (χ0v) is 18.3. The zero-order chi connectivity index (χ0) is 20.8. The first kappa shape index (κ1) is 22.1. The van der Waals surface area contributed by atoms with Crippen molar-refractivity contribution in [3.63, 3.8) is 0 Å². The third kappa shape index (κ3) is 6.18. The van der Waals surface area contributed by atoms with E-state index < -0.39 is 31.7 Å². The molecular weight excluding hydrogens is 493 g/mol. The number of benzene rings is 2. The molecule has 1 aliphatic rings. The standard InChI is InChI=1S/C21H25F2IN2O3/c1-14(28)26-24(9-15-6-17(22)8-18(23)7-15)19(11-27)10-25-21-13-29-12-16-4-2-3-5-20(16)21/h2-8,19,21,25,27H,9-13H2,1H3,(H,26,28). The van der Waals surface area contributed by atoms with Crippen LogP contribution in [-0.4, -0.2) is 34.7 Å². The normalized spacial score (nSPS) is 17.4. The van der Waals surface area contributed by atoms with E-state index >= 15 is 0 Å². The van der Waals surface area contributed by atoms with Crippen LogP contribution in [0.2, 0.25) is 0 Å². The van der Waals surface area contributed by atoms with Crippen LogP contribution in [0.15, 0.2) is 42.5 Å². The minimum absolute atomic E-state index is 0.00401. The van der Waals surface area contributed by atoms with Crippen molar-refractivity contribution in [3.8, 4) is 0 Å². The molecule has 0 fully saturated rings. The fourth-order valence-electron chi connectivity index (χ4n) is 3.31. The quantitative estimate of drug-likeness (QED) is 0.285. The second-order valence-electron chi connectivity index (χ2n) is 6.91. The number of fused-ring (bicyclic) bond motifs is 1. The predicted octanol–water partition coefficient (Wildman–Crippen LogP) is 3.24. The van der Waals surface area contributed by atoms with Crippen molar-refractivity contribution < 1.29 is 23.4 Å². The van der Waals surface area contributed by atoms with Crippen LogP contribution in [0.3, 0.4) is 0 Å². The molecule has 5 nitrogen and oxygen atoms in total. The number of halogens is 3. The summed E-state index contributed by atoms with van der Waals surface area (Å²) in [5.74, 6) is -1.49. The summed E-state index contributed by atoms with van der Waals surface area (Å²) in [6.45, 7) is 2.88. The van der Waals surface area contributed by atoms with Crippen molar-refractivity contribution in [1.82, 2.24) is 8.85 Å². The SMILES string of the molecule is CC(=O)NI(Cc1cc(F)cc(F)c1)C(CO)CNC1COCc2ccccc21. The molecule has 0 saturated carbocycles. The summed E-state index contributed by atoms with van der Waals surface area (Å²) < 4.78 is 35.9. The molecule has 2 atom stereocenters. The number of rotatable bonds is 8. The van der Waals surface area contributed by atoms with E-state index in [1.807, 2.05) is 18.2 Å². The molecule has 0 radical (unpaired) electrons. The number of hydrogen-bond acceptors (Lipinski definition) is 4. The topological polar surface area (TPSA) is 70.6 Å². The zero-order valence-electron chi connectivity index (χ0n) is 16.1. The molecule has 158 valence electrons. The Labute approximate surface area is 176 Å². The van der Waals surface area contributed by atoms with E-state index in [0.717, 1.165) is 11.6 Å². The van der Waals surface area contributed by atoms with E-state index in [0.29, 0.717) is 29.7 Å². The Morgan fingerprint density at radius 2 is 2.00 bits per heavy atom. The molecule has 0 bridgehead atoms. The Bertz CT molecular complexity index is 832. The number of nitrogens with one attached hydrogen (secondary N) is 2. The molecule has 1 amide bonds. The molecule has 8 heteroatoms.